The minimum absolute atomic E-state index is 0.00765. The summed E-state index contributed by atoms with van der Waals surface area (Å²) in [4.78, 5) is 55.5. The third kappa shape index (κ3) is 27.1. The zero-order valence-electron chi connectivity index (χ0n) is 32.6. The number of phosphoric ester groups is 1. The molecule has 1 fully saturated rings. The second kappa shape index (κ2) is 31.1. The molecule has 0 unspecified atom stereocenters. The molecule has 0 amide bonds. The van der Waals surface area contributed by atoms with Gasteiger partial charge in [0.2, 0.25) is 0 Å². The molecule has 0 radical (unpaired) electrons. The van der Waals surface area contributed by atoms with Crippen LogP contribution in [0.5, 0.6) is 0 Å². The maximum atomic E-state index is 12.5. The van der Waals surface area contributed by atoms with Crippen molar-refractivity contribution in [3.05, 3.63) is 36.5 Å². The molecule has 0 spiro atoms. The van der Waals surface area contributed by atoms with Gasteiger partial charge in [0.25, 0.3) is 0 Å². The zero-order chi connectivity index (χ0) is 39.2. The van der Waals surface area contributed by atoms with Crippen molar-refractivity contribution in [3.8, 4) is 0 Å². The van der Waals surface area contributed by atoms with Crippen molar-refractivity contribution in [1.82, 2.24) is 0 Å². The molecular formula is C41H71O11P. The van der Waals surface area contributed by atoms with Crippen LogP contribution in [0.2, 0.25) is 0 Å². The number of unbranched alkanes of at least 4 members (excludes halogenated alkanes) is 13. The van der Waals surface area contributed by atoms with Gasteiger partial charge in [0, 0.05) is 25.2 Å². The Bertz CT molecular complexity index is 1120. The SMILES string of the molecule is CCCCC/C=C\C/C=C\CCCCCCCC(=O)OC[C@H](COP(=O)(O)O)OC(=O)CCCCCC[C@H]1[C@@H](O)CC(=O)[C@@H]1/C=C/[C@@H](O)CCCCC. The number of aliphatic hydroxyl groups excluding tert-OH is 2. The number of hydrogen-bond acceptors (Lipinski definition) is 9. The first-order chi connectivity index (χ1) is 25.5. The van der Waals surface area contributed by atoms with E-state index in [-0.39, 0.29) is 37.6 Å². The second-order valence-electron chi connectivity index (χ2n) is 14.4. The zero-order valence-corrected chi connectivity index (χ0v) is 33.5. The van der Waals surface area contributed by atoms with E-state index < -0.39 is 50.6 Å². The van der Waals surface area contributed by atoms with Crippen LogP contribution in [0.4, 0.5) is 0 Å². The molecular weight excluding hydrogens is 699 g/mol. The molecule has 4 N–H and O–H groups in total. The Morgan fingerprint density at radius 2 is 1.38 bits per heavy atom. The Morgan fingerprint density at radius 3 is 2.04 bits per heavy atom. The fourth-order valence-electron chi connectivity index (χ4n) is 6.42. The number of carbonyl (C=O) groups excluding carboxylic acids is 3. The van der Waals surface area contributed by atoms with Gasteiger partial charge in [0.1, 0.15) is 12.4 Å². The third-order valence-corrected chi connectivity index (χ3v) is 10.0. The van der Waals surface area contributed by atoms with Gasteiger partial charge in [-0.3, -0.25) is 18.9 Å². The monoisotopic (exact) mass is 770 g/mol. The summed E-state index contributed by atoms with van der Waals surface area (Å²) < 4.78 is 26.3. The first-order valence-corrected chi connectivity index (χ1v) is 21.9. The molecule has 53 heavy (non-hydrogen) atoms. The Hall–Kier alpha value is -2.14. The van der Waals surface area contributed by atoms with E-state index in [9.17, 15) is 29.2 Å². The first-order valence-electron chi connectivity index (χ1n) is 20.4. The molecule has 0 aromatic heterocycles. The van der Waals surface area contributed by atoms with Crippen LogP contribution in [0.25, 0.3) is 0 Å². The smallest absolute Gasteiger partial charge is 0.462 e. The van der Waals surface area contributed by atoms with Crippen molar-refractivity contribution in [2.24, 2.45) is 11.8 Å². The number of ether oxygens (including phenoxy) is 2. The molecule has 0 aromatic rings. The van der Waals surface area contributed by atoms with Crippen molar-refractivity contribution < 1.29 is 52.9 Å². The van der Waals surface area contributed by atoms with Crippen LogP contribution < -0.4 is 0 Å². The minimum Gasteiger partial charge on any atom is -0.462 e. The van der Waals surface area contributed by atoms with Gasteiger partial charge < -0.3 is 29.5 Å². The van der Waals surface area contributed by atoms with Gasteiger partial charge in [-0.05, 0) is 63.7 Å². The summed E-state index contributed by atoms with van der Waals surface area (Å²) in [6.45, 7) is 3.34. The van der Waals surface area contributed by atoms with E-state index in [2.05, 4.69) is 42.7 Å². The molecule has 12 heteroatoms. The van der Waals surface area contributed by atoms with Crippen molar-refractivity contribution in [2.45, 2.75) is 180 Å². The Kier molecular flexibility index (Phi) is 28.7. The van der Waals surface area contributed by atoms with Crippen molar-refractivity contribution in [1.29, 1.82) is 0 Å². The highest BCUT2D eigenvalue weighted by Gasteiger charge is 2.39. The Morgan fingerprint density at radius 1 is 0.792 bits per heavy atom. The molecule has 0 saturated heterocycles. The molecule has 0 bridgehead atoms. The van der Waals surface area contributed by atoms with E-state index >= 15 is 0 Å². The van der Waals surface area contributed by atoms with Crippen LogP contribution in [0.1, 0.15) is 162 Å². The number of allylic oxidation sites excluding steroid dienone is 5. The molecule has 0 aromatic carbocycles. The highest BCUT2D eigenvalue weighted by molar-refractivity contribution is 7.46. The topological polar surface area (TPSA) is 177 Å². The van der Waals surface area contributed by atoms with E-state index in [1.54, 1.807) is 12.2 Å². The molecule has 1 rings (SSSR count). The summed E-state index contributed by atoms with van der Waals surface area (Å²) >= 11 is 0. The first kappa shape index (κ1) is 48.9. The number of phosphoric acid groups is 1. The minimum atomic E-state index is -4.82. The van der Waals surface area contributed by atoms with Gasteiger partial charge in [-0.2, -0.15) is 0 Å². The van der Waals surface area contributed by atoms with Gasteiger partial charge in [-0.25, -0.2) is 4.57 Å². The molecule has 1 saturated carbocycles. The average molecular weight is 771 g/mol. The van der Waals surface area contributed by atoms with Crippen LogP contribution in [0.3, 0.4) is 0 Å². The molecule has 11 nitrogen and oxygen atoms in total. The van der Waals surface area contributed by atoms with Crippen LogP contribution >= 0.6 is 7.82 Å². The number of hydrogen-bond donors (Lipinski definition) is 4. The number of esters is 2. The van der Waals surface area contributed by atoms with E-state index in [0.29, 0.717) is 32.1 Å². The van der Waals surface area contributed by atoms with E-state index in [0.717, 1.165) is 77.0 Å². The van der Waals surface area contributed by atoms with Gasteiger partial charge in [-0.15, -0.1) is 0 Å². The second-order valence-corrected chi connectivity index (χ2v) is 15.6. The summed E-state index contributed by atoms with van der Waals surface area (Å²) in [5.41, 5.74) is 0. The predicted molar refractivity (Wildman–Crippen MR) is 208 cm³/mol. The highest BCUT2D eigenvalue weighted by atomic mass is 31.2. The van der Waals surface area contributed by atoms with Crippen LogP contribution in [0, 0.1) is 11.8 Å². The lowest BCUT2D eigenvalue weighted by molar-refractivity contribution is -0.161. The van der Waals surface area contributed by atoms with Crippen molar-refractivity contribution in [3.63, 3.8) is 0 Å². The molecule has 5 atom stereocenters. The fourth-order valence-corrected chi connectivity index (χ4v) is 6.78. The van der Waals surface area contributed by atoms with E-state index in [1.807, 2.05) is 0 Å². The number of ketones is 1. The van der Waals surface area contributed by atoms with Gasteiger partial charge in [0.15, 0.2) is 6.10 Å². The molecule has 0 heterocycles. The number of carbonyl (C=O) groups is 3. The van der Waals surface area contributed by atoms with Crippen LogP contribution in [-0.4, -0.2) is 69.2 Å². The quantitative estimate of drug-likeness (QED) is 0.0217. The fraction of sp³-hybridized carbons (Fsp3) is 0.780. The summed E-state index contributed by atoms with van der Waals surface area (Å²) in [5, 5.41) is 20.7. The number of aliphatic hydroxyl groups is 2. The largest absolute Gasteiger partial charge is 0.469 e. The summed E-state index contributed by atoms with van der Waals surface area (Å²) in [7, 11) is -4.82. The lowest BCUT2D eigenvalue weighted by atomic mass is 9.88. The molecule has 1 aliphatic rings. The van der Waals surface area contributed by atoms with Crippen LogP contribution in [-0.2, 0) is 32.9 Å². The molecule has 1 aliphatic carbocycles. The molecule has 306 valence electrons. The third-order valence-electron chi connectivity index (χ3n) is 9.54. The van der Waals surface area contributed by atoms with Gasteiger partial charge >= 0.3 is 19.8 Å². The maximum Gasteiger partial charge on any atom is 0.469 e. The molecule has 0 aliphatic heterocycles. The maximum absolute atomic E-state index is 12.5. The lowest BCUT2D eigenvalue weighted by Gasteiger charge is -2.19. The average Bonchev–Trinajstić information content (AvgIpc) is 3.38. The summed E-state index contributed by atoms with van der Waals surface area (Å²) in [6, 6.07) is 0. The normalized spacial score (nSPS) is 19.1. The standard InChI is InChI=1S/C41H71O11P/c1-3-5-7-8-9-10-11-12-13-14-15-16-17-18-23-27-40(45)50-32-35(33-51-53(47,48)49)52-41(46)28-24-20-19-22-26-36-37(39(44)31-38(36)43)30-29-34(42)25-21-6-4-2/h9-10,12-13,29-30,34-38,42-43H,3-8,11,14-28,31-33H2,1-2H3,(H2,47,48,49)/b10-9-,13-12-,30-29+/t34-,35+,36+,37+,38-/m0/s1. The van der Waals surface area contributed by atoms with Gasteiger partial charge in [-0.1, -0.05) is 121 Å². The van der Waals surface area contributed by atoms with Gasteiger partial charge in [0.05, 0.1) is 18.8 Å². The van der Waals surface area contributed by atoms with E-state index in [4.69, 9.17) is 19.3 Å². The predicted octanol–water partition coefficient (Wildman–Crippen LogP) is 8.77. The van der Waals surface area contributed by atoms with Crippen molar-refractivity contribution >= 4 is 25.5 Å². The Balaban J connectivity index is 2.29. The van der Waals surface area contributed by atoms with Crippen molar-refractivity contribution in [2.75, 3.05) is 13.2 Å². The van der Waals surface area contributed by atoms with E-state index in [1.165, 1.54) is 19.3 Å². The number of rotatable bonds is 33. The highest BCUT2D eigenvalue weighted by Crippen LogP contribution is 2.36. The van der Waals surface area contributed by atoms with Crippen LogP contribution in [0.15, 0.2) is 36.5 Å². The lowest BCUT2D eigenvalue weighted by Crippen LogP contribution is -2.29. The summed E-state index contributed by atoms with van der Waals surface area (Å²) in [6.07, 6.45) is 29.1. The summed E-state index contributed by atoms with van der Waals surface area (Å²) in [5.74, 6) is -1.66. The Labute approximate surface area is 319 Å². The number of Topliss-reactive ketones (excluding diaryl/α,β-unsaturated/α-hetero) is 1.